The minimum absolute atomic E-state index is 0.0285. The summed E-state index contributed by atoms with van der Waals surface area (Å²) in [4.78, 5) is 11.7. The monoisotopic (exact) mass is 247 g/mol. The number of hydrogen-bond acceptors (Lipinski definition) is 3. The van der Waals surface area contributed by atoms with E-state index in [0.29, 0.717) is 11.7 Å². The molecule has 1 aromatic rings. The Morgan fingerprint density at radius 2 is 1.83 bits per heavy atom. The van der Waals surface area contributed by atoms with Gasteiger partial charge in [0.15, 0.2) is 5.78 Å². The number of hydrogen-bond donors (Lipinski definition) is 1. The predicted octanol–water partition coefficient (Wildman–Crippen LogP) is 2.93. The lowest BCUT2D eigenvalue weighted by Gasteiger charge is -2.23. The summed E-state index contributed by atoms with van der Waals surface area (Å²) in [5, 5.41) is 0. The maximum absolute atomic E-state index is 11.7. The van der Waals surface area contributed by atoms with Gasteiger partial charge >= 0.3 is 0 Å². The van der Waals surface area contributed by atoms with Crippen LogP contribution in [-0.2, 0) is 0 Å². The largest absolute Gasteiger partial charge is 0.490 e. The maximum atomic E-state index is 11.7. The van der Waals surface area contributed by atoms with E-state index >= 15 is 0 Å². The first kappa shape index (κ1) is 13.1. The van der Waals surface area contributed by atoms with E-state index in [1.807, 2.05) is 12.1 Å². The van der Waals surface area contributed by atoms with Crippen LogP contribution < -0.4 is 10.5 Å². The lowest BCUT2D eigenvalue weighted by molar-refractivity contribution is 0.0968. The lowest BCUT2D eigenvalue weighted by atomic mass is 9.98. The number of carbonyl (C=O) groups is 1. The van der Waals surface area contributed by atoms with Gasteiger partial charge in [-0.1, -0.05) is 6.42 Å². The molecule has 3 heteroatoms. The molecule has 0 spiro atoms. The Morgan fingerprint density at radius 3 is 2.39 bits per heavy atom. The van der Waals surface area contributed by atoms with E-state index in [9.17, 15) is 4.79 Å². The third-order valence-electron chi connectivity index (χ3n) is 3.41. The molecule has 0 aliphatic heterocycles. The number of ether oxygens (including phenoxy) is 1. The van der Waals surface area contributed by atoms with Gasteiger partial charge in [-0.2, -0.15) is 0 Å². The van der Waals surface area contributed by atoms with Gasteiger partial charge in [0, 0.05) is 5.56 Å². The van der Waals surface area contributed by atoms with E-state index in [0.717, 1.165) is 18.6 Å². The van der Waals surface area contributed by atoms with Gasteiger partial charge in [-0.3, -0.25) is 4.79 Å². The Kier molecular flexibility index (Phi) is 4.37. The molecule has 1 saturated carbocycles. The van der Waals surface area contributed by atoms with Crippen LogP contribution in [0, 0.1) is 0 Å². The molecule has 0 amide bonds. The lowest BCUT2D eigenvalue weighted by Crippen LogP contribution is -2.26. The minimum atomic E-state index is -0.449. The first-order chi connectivity index (χ1) is 8.66. The van der Waals surface area contributed by atoms with Gasteiger partial charge < -0.3 is 10.5 Å². The summed E-state index contributed by atoms with van der Waals surface area (Å²) in [7, 11) is 0. The average molecular weight is 247 g/mol. The fraction of sp³-hybridized carbons (Fsp3) is 0.533. The summed E-state index contributed by atoms with van der Waals surface area (Å²) in [5.74, 6) is 0.822. The highest BCUT2D eigenvalue weighted by molar-refractivity contribution is 5.99. The van der Waals surface area contributed by atoms with Crippen molar-refractivity contribution < 1.29 is 9.53 Å². The molecule has 1 aromatic carbocycles. The van der Waals surface area contributed by atoms with Gasteiger partial charge in [0.2, 0.25) is 0 Å². The number of benzene rings is 1. The summed E-state index contributed by atoms with van der Waals surface area (Å²) >= 11 is 0. The van der Waals surface area contributed by atoms with Crippen LogP contribution in [0.2, 0.25) is 0 Å². The van der Waals surface area contributed by atoms with Crippen molar-refractivity contribution in [1.29, 1.82) is 0 Å². The maximum Gasteiger partial charge on any atom is 0.179 e. The van der Waals surface area contributed by atoms with Crippen LogP contribution in [-0.4, -0.2) is 17.9 Å². The van der Waals surface area contributed by atoms with Crippen molar-refractivity contribution in [3.05, 3.63) is 29.8 Å². The molecule has 98 valence electrons. The average Bonchev–Trinajstić information content (AvgIpc) is 2.40. The fourth-order valence-corrected chi connectivity index (χ4v) is 2.34. The molecule has 1 aliphatic carbocycles. The molecule has 0 radical (unpaired) electrons. The second kappa shape index (κ2) is 6.01. The van der Waals surface area contributed by atoms with Crippen molar-refractivity contribution >= 4 is 5.78 Å². The molecule has 2 rings (SSSR count). The Hall–Kier alpha value is -1.35. The molecule has 1 fully saturated rings. The van der Waals surface area contributed by atoms with Crippen molar-refractivity contribution in [3.8, 4) is 5.75 Å². The highest BCUT2D eigenvalue weighted by atomic mass is 16.5. The van der Waals surface area contributed by atoms with Gasteiger partial charge in [-0.15, -0.1) is 0 Å². The van der Waals surface area contributed by atoms with Crippen molar-refractivity contribution in [1.82, 2.24) is 0 Å². The van der Waals surface area contributed by atoms with Gasteiger partial charge in [0.05, 0.1) is 12.1 Å². The third-order valence-corrected chi connectivity index (χ3v) is 3.41. The van der Waals surface area contributed by atoms with Crippen LogP contribution in [0.4, 0.5) is 0 Å². The molecule has 3 nitrogen and oxygen atoms in total. The van der Waals surface area contributed by atoms with E-state index in [1.54, 1.807) is 19.1 Å². The van der Waals surface area contributed by atoms with Gasteiger partial charge in [0.1, 0.15) is 5.75 Å². The molecular formula is C15H21NO2. The number of ketones is 1. The number of rotatable bonds is 4. The normalized spacial score (nSPS) is 18.3. The molecule has 1 aliphatic rings. The first-order valence-corrected chi connectivity index (χ1v) is 6.73. The van der Waals surface area contributed by atoms with E-state index in [-0.39, 0.29) is 5.78 Å². The van der Waals surface area contributed by atoms with Crippen molar-refractivity contribution in [2.45, 2.75) is 51.2 Å². The predicted molar refractivity (Wildman–Crippen MR) is 71.9 cm³/mol. The third kappa shape index (κ3) is 3.33. The second-order valence-corrected chi connectivity index (χ2v) is 5.06. The van der Waals surface area contributed by atoms with Crippen LogP contribution >= 0.6 is 0 Å². The molecule has 0 saturated heterocycles. The SMILES string of the molecule is CC(N)C(=O)c1ccc(OC2CCCCC2)cc1. The van der Waals surface area contributed by atoms with Gasteiger partial charge in [-0.25, -0.2) is 0 Å². The van der Waals surface area contributed by atoms with Crippen LogP contribution in [0.5, 0.6) is 5.75 Å². The summed E-state index contributed by atoms with van der Waals surface area (Å²) in [6.45, 7) is 1.70. The van der Waals surface area contributed by atoms with Crippen molar-refractivity contribution in [2.24, 2.45) is 5.73 Å². The molecule has 2 N–H and O–H groups in total. The summed E-state index contributed by atoms with van der Waals surface area (Å²) in [6, 6.07) is 6.87. The van der Waals surface area contributed by atoms with Crippen LogP contribution in [0.1, 0.15) is 49.4 Å². The van der Waals surface area contributed by atoms with Crippen LogP contribution in [0.25, 0.3) is 0 Å². The molecule has 1 atom stereocenters. The molecule has 18 heavy (non-hydrogen) atoms. The van der Waals surface area contributed by atoms with E-state index in [1.165, 1.54) is 19.3 Å². The quantitative estimate of drug-likeness (QED) is 0.832. The topological polar surface area (TPSA) is 52.3 Å². The number of carbonyl (C=O) groups excluding carboxylic acids is 1. The highest BCUT2D eigenvalue weighted by Crippen LogP contribution is 2.23. The van der Waals surface area contributed by atoms with Gasteiger partial charge in [-0.05, 0) is 56.9 Å². The second-order valence-electron chi connectivity index (χ2n) is 5.06. The number of nitrogens with two attached hydrogens (primary N) is 1. The zero-order valence-electron chi connectivity index (χ0n) is 10.9. The van der Waals surface area contributed by atoms with E-state index < -0.39 is 6.04 Å². The zero-order chi connectivity index (χ0) is 13.0. The molecule has 1 unspecified atom stereocenters. The smallest absolute Gasteiger partial charge is 0.179 e. The van der Waals surface area contributed by atoms with Crippen molar-refractivity contribution in [3.63, 3.8) is 0 Å². The minimum Gasteiger partial charge on any atom is -0.490 e. The Labute approximate surface area is 108 Å². The Morgan fingerprint density at radius 1 is 1.22 bits per heavy atom. The highest BCUT2D eigenvalue weighted by Gasteiger charge is 2.15. The Balaban J connectivity index is 1.96. The van der Waals surface area contributed by atoms with Crippen molar-refractivity contribution in [2.75, 3.05) is 0 Å². The van der Waals surface area contributed by atoms with E-state index in [2.05, 4.69) is 0 Å². The molecule has 0 bridgehead atoms. The summed E-state index contributed by atoms with van der Waals surface area (Å²) in [6.07, 6.45) is 6.45. The standard InChI is InChI=1S/C15H21NO2/c1-11(16)15(17)12-7-9-14(10-8-12)18-13-5-3-2-4-6-13/h7-11,13H,2-6,16H2,1H3. The molecular weight excluding hydrogens is 226 g/mol. The Bertz CT molecular complexity index is 391. The zero-order valence-corrected chi connectivity index (χ0v) is 10.9. The van der Waals surface area contributed by atoms with Gasteiger partial charge in [0.25, 0.3) is 0 Å². The molecule has 0 aromatic heterocycles. The summed E-state index contributed by atoms with van der Waals surface area (Å²) in [5.41, 5.74) is 6.23. The molecule has 0 heterocycles. The summed E-state index contributed by atoms with van der Waals surface area (Å²) < 4.78 is 5.91. The van der Waals surface area contributed by atoms with Crippen LogP contribution in [0.3, 0.4) is 0 Å². The first-order valence-electron chi connectivity index (χ1n) is 6.73. The fourth-order valence-electron chi connectivity index (χ4n) is 2.34. The van der Waals surface area contributed by atoms with E-state index in [4.69, 9.17) is 10.5 Å². The van der Waals surface area contributed by atoms with Crippen LogP contribution in [0.15, 0.2) is 24.3 Å². The number of Topliss-reactive ketones (excluding diaryl/α,β-unsaturated/α-hetero) is 1.